The SMILES string of the molecule is CCc1nc2c(o1)NC(N)=C(C#N)C21CCN(C(C)C)CC1. The number of nitrogens with zero attached hydrogens (tertiary/aromatic N) is 3. The number of nitrogens with two attached hydrogens (primary N) is 1. The number of piperidine rings is 1. The number of nitrogens with one attached hydrogen (secondary N) is 1. The number of rotatable bonds is 2. The van der Waals surface area contributed by atoms with Gasteiger partial charge in [0.1, 0.15) is 11.5 Å². The molecule has 0 radical (unpaired) electrons. The molecule has 3 heterocycles. The van der Waals surface area contributed by atoms with Crippen LogP contribution in [0.5, 0.6) is 0 Å². The van der Waals surface area contributed by atoms with Gasteiger partial charge in [-0.25, -0.2) is 4.98 Å². The van der Waals surface area contributed by atoms with Crippen molar-refractivity contribution in [1.82, 2.24) is 9.88 Å². The topological polar surface area (TPSA) is 91.1 Å². The molecule has 0 aromatic carbocycles. The Labute approximate surface area is 131 Å². The fraction of sp³-hybridized carbons (Fsp3) is 0.625. The van der Waals surface area contributed by atoms with Crippen LogP contribution in [0.3, 0.4) is 0 Å². The summed E-state index contributed by atoms with van der Waals surface area (Å²) >= 11 is 0. The van der Waals surface area contributed by atoms with Crippen molar-refractivity contribution in [3.8, 4) is 6.07 Å². The summed E-state index contributed by atoms with van der Waals surface area (Å²) in [5.41, 5.74) is 7.17. The Morgan fingerprint density at radius 2 is 2.14 bits per heavy atom. The summed E-state index contributed by atoms with van der Waals surface area (Å²) in [5, 5.41) is 12.7. The van der Waals surface area contributed by atoms with Crippen LogP contribution in [0.4, 0.5) is 5.88 Å². The van der Waals surface area contributed by atoms with Crippen molar-refractivity contribution in [2.45, 2.75) is 51.5 Å². The van der Waals surface area contributed by atoms with Gasteiger partial charge in [-0.15, -0.1) is 0 Å². The summed E-state index contributed by atoms with van der Waals surface area (Å²) in [6.45, 7) is 8.28. The van der Waals surface area contributed by atoms with Crippen LogP contribution >= 0.6 is 0 Å². The second-order valence-corrected chi connectivity index (χ2v) is 6.38. The van der Waals surface area contributed by atoms with E-state index in [1.54, 1.807) is 0 Å². The standard InChI is InChI=1S/C16H23N5O/c1-4-12-19-13-15(22-12)20-14(18)11(9-17)16(13)5-7-21(8-6-16)10(2)3/h10,20H,4-8,18H2,1-3H3. The third-order valence-electron chi connectivity index (χ3n) is 4.92. The van der Waals surface area contributed by atoms with E-state index in [1.807, 2.05) is 6.92 Å². The van der Waals surface area contributed by atoms with E-state index in [4.69, 9.17) is 10.2 Å². The molecule has 0 aliphatic carbocycles. The first-order valence-corrected chi connectivity index (χ1v) is 7.93. The van der Waals surface area contributed by atoms with E-state index in [1.165, 1.54) is 0 Å². The predicted molar refractivity (Wildman–Crippen MR) is 84.0 cm³/mol. The van der Waals surface area contributed by atoms with Gasteiger partial charge in [-0.05, 0) is 39.8 Å². The highest BCUT2D eigenvalue weighted by Crippen LogP contribution is 2.48. The molecule has 0 unspecified atom stereocenters. The maximum absolute atomic E-state index is 9.64. The van der Waals surface area contributed by atoms with E-state index in [2.05, 4.69) is 35.1 Å². The van der Waals surface area contributed by atoms with Gasteiger partial charge in [-0.2, -0.15) is 5.26 Å². The Morgan fingerprint density at radius 3 is 2.68 bits per heavy atom. The molecule has 3 N–H and O–H groups in total. The van der Waals surface area contributed by atoms with Crippen LogP contribution in [0.25, 0.3) is 0 Å². The molecular formula is C16H23N5O. The van der Waals surface area contributed by atoms with Gasteiger partial charge in [0, 0.05) is 12.5 Å². The number of anilines is 1. The van der Waals surface area contributed by atoms with Gasteiger partial charge in [0.15, 0.2) is 5.89 Å². The normalized spacial score (nSPS) is 20.9. The molecule has 118 valence electrons. The number of hydrogen-bond acceptors (Lipinski definition) is 6. The number of oxazole rings is 1. The number of allylic oxidation sites excluding steroid dienone is 1. The predicted octanol–water partition coefficient (Wildman–Crippen LogP) is 2.10. The molecule has 0 bridgehead atoms. The van der Waals surface area contributed by atoms with E-state index in [0.717, 1.165) is 38.0 Å². The minimum atomic E-state index is -0.401. The van der Waals surface area contributed by atoms with Gasteiger partial charge in [-0.1, -0.05) is 6.92 Å². The smallest absolute Gasteiger partial charge is 0.223 e. The molecule has 1 spiro atoms. The first kappa shape index (κ1) is 14.9. The molecule has 6 nitrogen and oxygen atoms in total. The average molecular weight is 301 g/mol. The molecule has 0 atom stereocenters. The van der Waals surface area contributed by atoms with E-state index >= 15 is 0 Å². The van der Waals surface area contributed by atoms with Gasteiger partial charge in [-0.3, -0.25) is 0 Å². The highest BCUT2D eigenvalue weighted by Gasteiger charge is 2.48. The molecule has 1 saturated heterocycles. The highest BCUT2D eigenvalue weighted by molar-refractivity contribution is 5.61. The van der Waals surface area contributed by atoms with Crippen LogP contribution in [0.2, 0.25) is 0 Å². The first-order chi connectivity index (χ1) is 10.5. The molecule has 3 rings (SSSR count). The van der Waals surface area contributed by atoms with Crippen LogP contribution in [0.15, 0.2) is 15.8 Å². The third kappa shape index (κ3) is 2.08. The summed E-state index contributed by atoms with van der Waals surface area (Å²) < 4.78 is 5.76. The second kappa shape index (κ2) is 5.33. The zero-order chi connectivity index (χ0) is 15.9. The van der Waals surface area contributed by atoms with E-state index in [0.29, 0.717) is 29.2 Å². The molecule has 2 aliphatic heterocycles. The quantitative estimate of drug-likeness (QED) is 0.869. The molecule has 0 saturated carbocycles. The van der Waals surface area contributed by atoms with Crippen LogP contribution < -0.4 is 11.1 Å². The van der Waals surface area contributed by atoms with Crippen molar-refractivity contribution in [2.75, 3.05) is 18.4 Å². The van der Waals surface area contributed by atoms with Crippen LogP contribution in [0.1, 0.15) is 45.2 Å². The molecule has 1 fully saturated rings. The van der Waals surface area contributed by atoms with Gasteiger partial charge < -0.3 is 20.4 Å². The lowest BCUT2D eigenvalue weighted by Gasteiger charge is -2.43. The second-order valence-electron chi connectivity index (χ2n) is 6.38. The molecular weight excluding hydrogens is 278 g/mol. The molecule has 6 heteroatoms. The van der Waals surface area contributed by atoms with E-state index in [-0.39, 0.29) is 0 Å². The van der Waals surface area contributed by atoms with Gasteiger partial charge in [0.2, 0.25) is 5.88 Å². The average Bonchev–Trinajstić information content (AvgIpc) is 2.92. The highest BCUT2D eigenvalue weighted by atomic mass is 16.4. The number of hydrogen-bond donors (Lipinski definition) is 2. The van der Waals surface area contributed by atoms with Crippen molar-refractivity contribution >= 4 is 5.88 Å². The monoisotopic (exact) mass is 301 g/mol. The third-order valence-corrected chi connectivity index (χ3v) is 4.92. The summed E-state index contributed by atoms with van der Waals surface area (Å²) in [7, 11) is 0. The lowest BCUT2D eigenvalue weighted by molar-refractivity contribution is 0.143. The van der Waals surface area contributed by atoms with Crippen molar-refractivity contribution in [3.05, 3.63) is 23.0 Å². The molecule has 22 heavy (non-hydrogen) atoms. The van der Waals surface area contributed by atoms with Crippen LogP contribution in [0, 0.1) is 11.3 Å². The van der Waals surface area contributed by atoms with Crippen molar-refractivity contribution < 1.29 is 4.42 Å². The number of likely N-dealkylation sites (tertiary alicyclic amines) is 1. The molecule has 1 aromatic rings. The minimum absolute atomic E-state index is 0.401. The zero-order valence-corrected chi connectivity index (χ0v) is 13.4. The van der Waals surface area contributed by atoms with Crippen LogP contribution in [-0.2, 0) is 11.8 Å². The Hall–Kier alpha value is -2.00. The van der Waals surface area contributed by atoms with Crippen LogP contribution in [-0.4, -0.2) is 29.0 Å². The van der Waals surface area contributed by atoms with Gasteiger partial charge >= 0.3 is 0 Å². The lowest BCUT2D eigenvalue weighted by Crippen LogP contribution is -2.48. The van der Waals surface area contributed by atoms with Crippen molar-refractivity contribution in [3.63, 3.8) is 0 Å². The zero-order valence-electron chi connectivity index (χ0n) is 13.4. The minimum Gasteiger partial charge on any atom is -0.425 e. The lowest BCUT2D eigenvalue weighted by atomic mass is 9.69. The maximum atomic E-state index is 9.64. The Balaban J connectivity index is 2.04. The van der Waals surface area contributed by atoms with E-state index in [9.17, 15) is 5.26 Å². The fourth-order valence-electron chi connectivity index (χ4n) is 3.56. The summed E-state index contributed by atoms with van der Waals surface area (Å²) in [5.74, 6) is 1.72. The Morgan fingerprint density at radius 1 is 1.45 bits per heavy atom. The van der Waals surface area contributed by atoms with Gasteiger partial charge in [0.05, 0.1) is 17.1 Å². The fourth-order valence-corrected chi connectivity index (χ4v) is 3.56. The number of nitriles is 1. The Bertz CT molecular complexity index is 644. The Kier molecular flexibility index (Phi) is 3.61. The molecule has 0 amide bonds. The number of fused-ring (bicyclic) bond motifs is 2. The first-order valence-electron chi connectivity index (χ1n) is 7.93. The molecule has 2 aliphatic rings. The summed E-state index contributed by atoms with van der Waals surface area (Å²) in [6.07, 6.45) is 2.42. The van der Waals surface area contributed by atoms with Crippen molar-refractivity contribution in [2.24, 2.45) is 5.73 Å². The van der Waals surface area contributed by atoms with E-state index < -0.39 is 5.41 Å². The number of aromatic nitrogens is 1. The van der Waals surface area contributed by atoms with Gasteiger partial charge in [0.25, 0.3) is 0 Å². The van der Waals surface area contributed by atoms with Crippen molar-refractivity contribution in [1.29, 1.82) is 5.26 Å². The maximum Gasteiger partial charge on any atom is 0.223 e. The largest absolute Gasteiger partial charge is 0.425 e. The summed E-state index contributed by atoms with van der Waals surface area (Å²) in [4.78, 5) is 7.09. The number of aryl methyl sites for hydroxylation is 1. The summed E-state index contributed by atoms with van der Waals surface area (Å²) in [6, 6.07) is 2.83. The molecule has 1 aromatic heterocycles.